The van der Waals surface area contributed by atoms with Gasteiger partial charge in [-0.15, -0.1) is 0 Å². The Kier molecular flexibility index (Phi) is 5.76. The first kappa shape index (κ1) is 18.7. The van der Waals surface area contributed by atoms with Gasteiger partial charge < -0.3 is 4.74 Å². The highest BCUT2D eigenvalue weighted by Gasteiger charge is 2.23. The third-order valence-corrected chi connectivity index (χ3v) is 5.94. The maximum Gasteiger partial charge on any atom is 0.338 e. The summed E-state index contributed by atoms with van der Waals surface area (Å²) in [4.78, 5) is 29.9. The van der Waals surface area contributed by atoms with Gasteiger partial charge in [-0.3, -0.25) is 9.36 Å². The van der Waals surface area contributed by atoms with Crippen LogP contribution in [-0.2, 0) is 4.74 Å². The van der Waals surface area contributed by atoms with E-state index in [2.05, 4.69) is 0 Å². The highest BCUT2D eigenvalue weighted by Crippen LogP contribution is 2.32. The largest absolute Gasteiger partial charge is 0.461 e. The Labute approximate surface area is 167 Å². The number of fused-ring (bicyclic) bond motifs is 1. The SMILES string of the molecule is O=C(OCCSc1nc2ccccc2c(=O)n1C1CCCC1)c1ccccc1. The third-order valence-electron chi connectivity index (χ3n) is 5.02. The van der Waals surface area contributed by atoms with E-state index in [-0.39, 0.29) is 24.2 Å². The number of hydrogen-bond acceptors (Lipinski definition) is 5. The lowest BCUT2D eigenvalue weighted by Crippen LogP contribution is -2.26. The molecule has 0 N–H and O–H groups in total. The summed E-state index contributed by atoms with van der Waals surface area (Å²) < 4.78 is 7.22. The van der Waals surface area contributed by atoms with Crippen molar-refractivity contribution in [3.05, 3.63) is 70.5 Å². The molecule has 0 atom stereocenters. The van der Waals surface area contributed by atoms with Crippen LogP contribution in [0.25, 0.3) is 10.9 Å². The lowest BCUT2D eigenvalue weighted by Gasteiger charge is -2.18. The molecule has 0 spiro atoms. The summed E-state index contributed by atoms with van der Waals surface area (Å²) in [6.07, 6.45) is 4.30. The number of hydrogen-bond donors (Lipinski definition) is 0. The summed E-state index contributed by atoms with van der Waals surface area (Å²) in [5.41, 5.74) is 1.28. The number of rotatable bonds is 6. The molecule has 144 valence electrons. The number of benzene rings is 2. The highest BCUT2D eigenvalue weighted by molar-refractivity contribution is 7.99. The smallest absolute Gasteiger partial charge is 0.338 e. The predicted octanol–water partition coefficient (Wildman–Crippen LogP) is 4.46. The van der Waals surface area contributed by atoms with Crippen LogP contribution >= 0.6 is 11.8 Å². The Balaban J connectivity index is 1.50. The minimum atomic E-state index is -0.333. The number of aromatic nitrogens is 2. The number of esters is 1. The Morgan fingerprint density at radius 1 is 1.07 bits per heavy atom. The van der Waals surface area contributed by atoms with E-state index in [1.165, 1.54) is 11.8 Å². The van der Waals surface area contributed by atoms with Gasteiger partial charge in [0.1, 0.15) is 6.61 Å². The number of nitrogens with zero attached hydrogens (tertiary/aromatic N) is 2. The van der Waals surface area contributed by atoms with Gasteiger partial charge in [-0.25, -0.2) is 9.78 Å². The zero-order chi connectivity index (χ0) is 19.3. The van der Waals surface area contributed by atoms with E-state index in [1.807, 2.05) is 47.0 Å². The van der Waals surface area contributed by atoms with Gasteiger partial charge in [0, 0.05) is 11.8 Å². The van der Waals surface area contributed by atoms with Crippen molar-refractivity contribution >= 4 is 28.6 Å². The second-order valence-corrected chi connectivity index (χ2v) is 7.94. The molecular formula is C22H22N2O3S. The lowest BCUT2D eigenvalue weighted by atomic mass is 10.2. The van der Waals surface area contributed by atoms with E-state index < -0.39 is 0 Å². The number of para-hydroxylation sites is 1. The van der Waals surface area contributed by atoms with Gasteiger partial charge in [0.15, 0.2) is 5.16 Å². The molecule has 6 heteroatoms. The lowest BCUT2D eigenvalue weighted by molar-refractivity contribution is 0.0530. The molecule has 1 saturated carbocycles. The van der Waals surface area contributed by atoms with Gasteiger partial charge in [-0.2, -0.15) is 0 Å². The first-order valence-corrected chi connectivity index (χ1v) is 10.6. The van der Waals surface area contributed by atoms with Crippen LogP contribution in [0, 0.1) is 0 Å². The van der Waals surface area contributed by atoms with Crippen LogP contribution in [0.2, 0.25) is 0 Å². The monoisotopic (exact) mass is 394 g/mol. The molecular weight excluding hydrogens is 372 g/mol. The van der Waals surface area contributed by atoms with Crippen molar-refractivity contribution in [2.24, 2.45) is 0 Å². The number of carbonyl (C=O) groups excluding carboxylic acids is 1. The van der Waals surface area contributed by atoms with Gasteiger partial charge in [0.2, 0.25) is 0 Å². The van der Waals surface area contributed by atoms with Crippen LogP contribution in [0.5, 0.6) is 0 Å². The Morgan fingerprint density at radius 3 is 2.57 bits per heavy atom. The molecule has 1 fully saturated rings. The molecule has 0 radical (unpaired) electrons. The van der Waals surface area contributed by atoms with Gasteiger partial charge in [-0.1, -0.05) is 54.9 Å². The van der Waals surface area contributed by atoms with E-state index in [1.54, 1.807) is 12.1 Å². The topological polar surface area (TPSA) is 61.2 Å². The molecule has 0 bridgehead atoms. The molecule has 0 saturated heterocycles. The number of ether oxygens (including phenoxy) is 1. The van der Waals surface area contributed by atoms with Crippen molar-refractivity contribution in [1.29, 1.82) is 0 Å². The van der Waals surface area contributed by atoms with Gasteiger partial charge in [0.05, 0.1) is 16.5 Å². The minimum absolute atomic E-state index is 0.0290. The first-order valence-electron chi connectivity index (χ1n) is 9.60. The van der Waals surface area contributed by atoms with Crippen LogP contribution in [0.1, 0.15) is 42.1 Å². The van der Waals surface area contributed by atoms with Crippen molar-refractivity contribution in [2.45, 2.75) is 36.9 Å². The molecule has 1 aromatic heterocycles. The fraction of sp³-hybridized carbons (Fsp3) is 0.318. The maximum atomic E-state index is 13.1. The average molecular weight is 394 g/mol. The normalized spacial score (nSPS) is 14.4. The van der Waals surface area contributed by atoms with Crippen molar-refractivity contribution in [3.63, 3.8) is 0 Å². The Hall–Kier alpha value is -2.60. The molecule has 0 unspecified atom stereocenters. The number of thioether (sulfide) groups is 1. The molecule has 3 aromatic rings. The predicted molar refractivity (Wildman–Crippen MR) is 111 cm³/mol. The molecule has 5 nitrogen and oxygen atoms in total. The molecule has 0 aliphatic heterocycles. The summed E-state index contributed by atoms with van der Waals surface area (Å²) in [7, 11) is 0. The molecule has 4 rings (SSSR count). The molecule has 1 aliphatic carbocycles. The van der Waals surface area contributed by atoms with E-state index in [4.69, 9.17) is 9.72 Å². The fourth-order valence-electron chi connectivity index (χ4n) is 3.64. The summed E-state index contributed by atoms with van der Waals surface area (Å²) in [6, 6.07) is 16.6. The average Bonchev–Trinajstić information content (AvgIpc) is 3.26. The molecule has 1 aliphatic rings. The zero-order valence-corrected chi connectivity index (χ0v) is 16.4. The van der Waals surface area contributed by atoms with Gasteiger partial charge in [0.25, 0.3) is 5.56 Å². The van der Waals surface area contributed by atoms with Crippen molar-refractivity contribution in [1.82, 2.24) is 9.55 Å². The quantitative estimate of drug-likeness (QED) is 0.267. The maximum absolute atomic E-state index is 13.1. The standard InChI is InChI=1S/C22H22N2O3S/c25-20-18-12-6-7-13-19(18)23-22(24(20)17-10-4-5-11-17)28-15-14-27-21(26)16-8-2-1-3-9-16/h1-3,6-9,12-13,17H,4-5,10-11,14-15H2. The minimum Gasteiger partial charge on any atom is -0.461 e. The Morgan fingerprint density at radius 2 is 1.79 bits per heavy atom. The van der Waals surface area contributed by atoms with Crippen molar-refractivity contribution in [3.8, 4) is 0 Å². The fourth-order valence-corrected chi connectivity index (χ4v) is 4.52. The molecule has 1 heterocycles. The van der Waals surface area contributed by atoms with Gasteiger partial charge >= 0.3 is 5.97 Å². The van der Waals surface area contributed by atoms with Crippen LogP contribution in [0.3, 0.4) is 0 Å². The molecule has 0 amide bonds. The zero-order valence-electron chi connectivity index (χ0n) is 15.5. The summed E-state index contributed by atoms with van der Waals surface area (Å²) in [5, 5.41) is 1.38. The number of carbonyl (C=O) groups is 1. The van der Waals surface area contributed by atoms with Crippen molar-refractivity contribution < 1.29 is 9.53 Å². The van der Waals surface area contributed by atoms with E-state index >= 15 is 0 Å². The molecule has 2 aromatic carbocycles. The Bertz CT molecular complexity index is 1030. The van der Waals surface area contributed by atoms with Crippen LogP contribution in [0.15, 0.2) is 64.5 Å². The van der Waals surface area contributed by atoms with Crippen molar-refractivity contribution in [2.75, 3.05) is 12.4 Å². The summed E-state index contributed by atoms with van der Waals surface area (Å²) in [6.45, 7) is 0.270. The second-order valence-electron chi connectivity index (χ2n) is 6.88. The van der Waals surface area contributed by atoms with E-state index in [0.717, 1.165) is 25.7 Å². The third kappa shape index (κ3) is 3.97. The van der Waals surface area contributed by atoms with E-state index in [9.17, 15) is 9.59 Å². The van der Waals surface area contributed by atoms with Gasteiger partial charge in [-0.05, 0) is 37.1 Å². The summed E-state index contributed by atoms with van der Waals surface area (Å²) >= 11 is 1.47. The summed E-state index contributed by atoms with van der Waals surface area (Å²) in [5.74, 6) is 0.219. The highest BCUT2D eigenvalue weighted by atomic mass is 32.2. The molecule has 28 heavy (non-hydrogen) atoms. The first-order chi connectivity index (χ1) is 13.7. The second kappa shape index (κ2) is 8.61. The van der Waals surface area contributed by atoms with E-state index in [0.29, 0.717) is 27.4 Å². The van der Waals surface area contributed by atoms with Crippen LogP contribution < -0.4 is 5.56 Å². The van der Waals surface area contributed by atoms with Crippen LogP contribution in [0.4, 0.5) is 0 Å². The van der Waals surface area contributed by atoms with Crippen LogP contribution in [-0.4, -0.2) is 27.9 Å².